The molecule has 4 nitrogen and oxygen atoms in total. The second-order valence-electron chi connectivity index (χ2n) is 7.89. The van der Waals surface area contributed by atoms with Crippen LogP contribution in [0.4, 0.5) is 8.78 Å². The third-order valence-corrected chi connectivity index (χ3v) is 5.87. The Bertz CT molecular complexity index is 1660. The lowest BCUT2D eigenvalue weighted by atomic mass is 10.1. The van der Waals surface area contributed by atoms with Crippen LogP contribution in [-0.4, -0.2) is 14.5 Å². The molecular formula is C26H17F2N3O. The number of hydrogen-bond acceptors (Lipinski definition) is 3. The van der Waals surface area contributed by atoms with E-state index in [1.807, 2.05) is 30.3 Å². The maximum atomic E-state index is 14.9. The monoisotopic (exact) mass is 425 g/mol. The molecule has 0 aliphatic rings. The Kier molecular flexibility index (Phi) is 3.92. The van der Waals surface area contributed by atoms with Crippen LogP contribution in [-0.2, 0) is 0 Å². The number of nitrogens with zero attached hydrogens (tertiary/aromatic N) is 3. The maximum absolute atomic E-state index is 14.9. The van der Waals surface area contributed by atoms with Gasteiger partial charge in [-0.05, 0) is 61.4 Å². The average Bonchev–Trinajstić information content (AvgIpc) is 3.33. The van der Waals surface area contributed by atoms with Gasteiger partial charge < -0.3 is 4.42 Å². The van der Waals surface area contributed by atoms with E-state index in [1.165, 1.54) is 18.2 Å². The number of aryl methyl sites for hydroxylation is 2. The highest BCUT2D eigenvalue weighted by Gasteiger charge is 2.23. The molecule has 0 atom stereocenters. The number of fused-ring (bicyclic) bond motifs is 4. The highest BCUT2D eigenvalue weighted by Crippen LogP contribution is 2.39. The van der Waals surface area contributed by atoms with Crippen LogP contribution < -0.4 is 0 Å². The molecular weight excluding hydrogens is 408 g/mol. The molecule has 32 heavy (non-hydrogen) atoms. The minimum absolute atomic E-state index is 0.0566. The fourth-order valence-electron chi connectivity index (χ4n) is 4.47. The van der Waals surface area contributed by atoms with Gasteiger partial charge in [-0.2, -0.15) is 9.37 Å². The lowest BCUT2D eigenvalue weighted by Gasteiger charge is -2.15. The Morgan fingerprint density at radius 3 is 2.41 bits per heavy atom. The Morgan fingerprint density at radius 2 is 1.59 bits per heavy atom. The highest BCUT2D eigenvalue weighted by atomic mass is 19.1. The fraction of sp³-hybridized carbons (Fsp3) is 0.0769. The summed E-state index contributed by atoms with van der Waals surface area (Å²) < 4.78 is 36.6. The van der Waals surface area contributed by atoms with Crippen molar-refractivity contribution in [3.63, 3.8) is 0 Å². The molecule has 0 N–H and O–H groups in total. The molecule has 3 aromatic heterocycles. The molecule has 0 bridgehead atoms. The Hall–Kier alpha value is -4.06. The molecule has 3 heterocycles. The van der Waals surface area contributed by atoms with E-state index >= 15 is 0 Å². The predicted octanol–water partition coefficient (Wildman–Crippen LogP) is 6.88. The Labute approximate surface area is 181 Å². The summed E-state index contributed by atoms with van der Waals surface area (Å²) in [6.07, 6.45) is 0. The van der Waals surface area contributed by atoms with E-state index in [-0.39, 0.29) is 11.1 Å². The van der Waals surface area contributed by atoms with Crippen LogP contribution in [0.2, 0.25) is 0 Å². The largest absolute Gasteiger partial charge is 0.437 e. The topological polar surface area (TPSA) is 43.9 Å². The zero-order valence-electron chi connectivity index (χ0n) is 17.4. The van der Waals surface area contributed by atoms with Crippen LogP contribution in [0.25, 0.3) is 50.2 Å². The van der Waals surface area contributed by atoms with Gasteiger partial charge in [0.25, 0.3) is 0 Å². The molecule has 3 aromatic carbocycles. The molecule has 0 unspecified atom stereocenters. The van der Waals surface area contributed by atoms with Gasteiger partial charge in [0.1, 0.15) is 11.6 Å². The van der Waals surface area contributed by atoms with Crippen LogP contribution in [0.3, 0.4) is 0 Å². The van der Waals surface area contributed by atoms with Crippen molar-refractivity contribution in [3.05, 3.63) is 89.6 Å². The van der Waals surface area contributed by atoms with Gasteiger partial charge in [0, 0.05) is 0 Å². The van der Waals surface area contributed by atoms with E-state index in [1.54, 1.807) is 6.07 Å². The van der Waals surface area contributed by atoms with Crippen molar-refractivity contribution in [2.45, 2.75) is 13.8 Å². The number of aromatic nitrogens is 3. The normalized spacial score (nSPS) is 11.8. The molecule has 6 aromatic rings. The van der Waals surface area contributed by atoms with Gasteiger partial charge in [0.05, 0.1) is 33.1 Å². The summed E-state index contributed by atoms with van der Waals surface area (Å²) >= 11 is 0. The predicted molar refractivity (Wildman–Crippen MR) is 121 cm³/mol. The maximum Gasteiger partial charge on any atom is 0.230 e. The summed E-state index contributed by atoms with van der Waals surface area (Å²) in [7, 11) is 0. The second-order valence-corrected chi connectivity index (χ2v) is 7.89. The summed E-state index contributed by atoms with van der Waals surface area (Å²) in [4.78, 5) is 8.71. The van der Waals surface area contributed by atoms with Gasteiger partial charge in [-0.1, -0.05) is 30.3 Å². The Balaban J connectivity index is 1.77. The van der Waals surface area contributed by atoms with E-state index in [0.29, 0.717) is 22.4 Å². The first-order valence-corrected chi connectivity index (χ1v) is 10.2. The smallest absolute Gasteiger partial charge is 0.230 e. The van der Waals surface area contributed by atoms with Crippen molar-refractivity contribution in [2.75, 3.05) is 0 Å². The molecule has 0 radical (unpaired) electrons. The summed E-state index contributed by atoms with van der Waals surface area (Å²) in [6, 6.07) is 19.7. The van der Waals surface area contributed by atoms with Crippen LogP contribution in [0.15, 0.2) is 71.1 Å². The third kappa shape index (κ3) is 2.59. The summed E-state index contributed by atoms with van der Waals surface area (Å²) in [5, 5.41) is 0.695. The summed E-state index contributed by atoms with van der Waals surface area (Å²) in [6.45, 7) is 4.10. The minimum atomic E-state index is -0.679. The van der Waals surface area contributed by atoms with Gasteiger partial charge in [-0.3, -0.25) is 4.57 Å². The number of rotatable bonds is 2. The molecule has 0 amide bonds. The quantitative estimate of drug-likeness (QED) is 0.284. The fourth-order valence-corrected chi connectivity index (χ4v) is 4.47. The molecule has 0 aliphatic carbocycles. The van der Waals surface area contributed by atoms with Crippen LogP contribution in [0.1, 0.15) is 11.1 Å². The molecule has 6 heteroatoms. The molecule has 0 saturated carbocycles. The number of halogens is 2. The van der Waals surface area contributed by atoms with Gasteiger partial charge >= 0.3 is 0 Å². The van der Waals surface area contributed by atoms with E-state index in [9.17, 15) is 8.78 Å². The minimum Gasteiger partial charge on any atom is -0.437 e. The molecule has 0 aliphatic heterocycles. The standard InChI is InChI=1S/C26H17F2N3O/c1-14-6-5-7-15(2)23(14)31-20-9-4-3-8-19(20)29-25(31)17-10-12-18(27)22-16-11-13-21(28)30-26(16)32-24(17)22/h3-13H,1-2H3. The van der Waals surface area contributed by atoms with E-state index in [4.69, 9.17) is 9.40 Å². The zero-order chi connectivity index (χ0) is 22.0. The summed E-state index contributed by atoms with van der Waals surface area (Å²) in [5.74, 6) is -0.514. The van der Waals surface area contributed by atoms with Crippen molar-refractivity contribution < 1.29 is 13.2 Å². The molecule has 0 spiro atoms. The number of furan rings is 1. The second kappa shape index (κ2) is 6.72. The molecule has 6 rings (SSSR count). The number of benzene rings is 3. The summed E-state index contributed by atoms with van der Waals surface area (Å²) in [5.41, 5.74) is 5.87. The van der Waals surface area contributed by atoms with E-state index in [0.717, 1.165) is 27.8 Å². The first-order valence-electron chi connectivity index (χ1n) is 10.2. The number of pyridine rings is 1. The van der Waals surface area contributed by atoms with Crippen molar-refractivity contribution in [1.29, 1.82) is 0 Å². The average molecular weight is 425 g/mol. The van der Waals surface area contributed by atoms with Crippen LogP contribution >= 0.6 is 0 Å². The van der Waals surface area contributed by atoms with E-state index in [2.05, 4.69) is 35.5 Å². The van der Waals surface area contributed by atoms with Gasteiger partial charge in [0.2, 0.25) is 11.7 Å². The van der Waals surface area contributed by atoms with Crippen molar-refractivity contribution in [1.82, 2.24) is 14.5 Å². The Morgan fingerprint density at radius 1 is 0.812 bits per heavy atom. The SMILES string of the molecule is Cc1cccc(C)c1-n1c(-c2ccc(F)c3c2oc2nc(F)ccc23)nc2ccccc21. The zero-order valence-corrected chi connectivity index (χ0v) is 17.4. The first kappa shape index (κ1) is 18.7. The van der Waals surface area contributed by atoms with Crippen molar-refractivity contribution in [3.8, 4) is 17.1 Å². The number of imidazole rings is 1. The van der Waals surface area contributed by atoms with Gasteiger partial charge in [0.15, 0.2) is 5.58 Å². The number of para-hydroxylation sites is 3. The lowest BCUT2D eigenvalue weighted by molar-refractivity contribution is 0.569. The third-order valence-electron chi connectivity index (χ3n) is 5.87. The molecule has 0 fully saturated rings. The van der Waals surface area contributed by atoms with E-state index < -0.39 is 11.8 Å². The first-order chi connectivity index (χ1) is 15.5. The van der Waals surface area contributed by atoms with Gasteiger partial charge in [-0.25, -0.2) is 9.37 Å². The van der Waals surface area contributed by atoms with Crippen LogP contribution in [0, 0.1) is 25.6 Å². The lowest BCUT2D eigenvalue weighted by Crippen LogP contribution is -2.02. The van der Waals surface area contributed by atoms with Crippen molar-refractivity contribution in [2.24, 2.45) is 0 Å². The highest BCUT2D eigenvalue weighted by molar-refractivity contribution is 6.09. The molecule has 156 valence electrons. The van der Waals surface area contributed by atoms with Crippen molar-refractivity contribution >= 4 is 33.1 Å². The molecule has 0 saturated heterocycles. The van der Waals surface area contributed by atoms with Crippen LogP contribution in [0.5, 0.6) is 0 Å². The number of hydrogen-bond donors (Lipinski definition) is 0. The van der Waals surface area contributed by atoms with Gasteiger partial charge in [-0.15, -0.1) is 0 Å².